The van der Waals surface area contributed by atoms with E-state index in [1.807, 2.05) is 25.1 Å². The average molecular weight is 194 g/mol. The molecule has 0 aromatic heterocycles. The number of methoxy groups -OCH3 is 1. The molecule has 0 fully saturated rings. The normalized spacial score (nSPS) is 10.6. The summed E-state index contributed by atoms with van der Waals surface area (Å²) in [5.74, 6) is 1.95. The maximum absolute atomic E-state index is 5.23. The number of benzene rings is 1. The van der Waals surface area contributed by atoms with Gasteiger partial charge in [0.15, 0.2) is 0 Å². The highest BCUT2D eigenvalue weighted by atomic mass is 32.2. The number of hydrogen-bond donors (Lipinski definition) is 0. The van der Waals surface area contributed by atoms with E-state index >= 15 is 0 Å². The van der Waals surface area contributed by atoms with Crippen molar-refractivity contribution >= 4 is 11.8 Å². The smallest absolute Gasteiger partial charge is 0.132 e. The van der Waals surface area contributed by atoms with Crippen molar-refractivity contribution in [1.82, 2.24) is 0 Å². The Labute approximate surface area is 83.8 Å². The molecule has 0 aliphatic heterocycles. The van der Waals surface area contributed by atoms with Crippen LogP contribution in [0.4, 0.5) is 0 Å². The van der Waals surface area contributed by atoms with E-state index in [0.717, 1.165) is 11.5 Å². The first-order valence-electron chi connectivity index (χ1n) is 4.25. The van der Waals surface area contributed by atoms with Gasteiger partial charge < -0.3 is 4.74 Å². The van der Waals surface area contributed by atoms with Gasteiger partial charge in [0, 0.05) is 10.6 Å². The van der Waals surface area contributed by atoms with Crippen LogP contribution >= 0.6 is 11.8 Å². The van der Waals surface area contributed by atoms with Crippen LogP contribution in [0, 0.1) is 0 Å². The van der Waals surface area contributed by atoms with Crippen LogP contribution in [0.15, 0.2) is 41.3 Å². The van der Waals surface area contributed by atoms with E-state index in [1.54, 1.807) is 18.9 Å². The zero-order chi connectivity index (χ0) is 9.52. The number of para-hydroxylation sites is 1. The Morgan fingerprint density at radius 3 is 2.85 bits per heavy atom. The summed E-state index contributed by atoms with van der Waals surface area (Å²) in [7, 11) is 1.70. The fourth-order valence-corrected chi connectivity index (χ4v) is 1.91. The minimum Gasteiger partial charge on any atom is -0.496 e. The summed E-state index contributed by atoms with van der Waals surface area (Å²) in [5.41, 5.74) is 0. The summed E-state index contributed by atoms with van der Waals surface area (Å²) in [4.78, 5) is 1.20. The Morgan fingerprint density at radius 1 is 1.38 bits per heavy atom. The van der Waals surface area contributed by atoms with Crippen molar-refractivity contribution in [2.45, 2.75) is 11.8 Å². The summed E-state index contributed by atoms with van der Waals surface area (Å²) in [6, 6.07) is 8.07. The quantitative estimate of drug-likeness (QED) is 0.537. The molecule has 0 bridgehead atoms. The van der Waals surface area contributed by atoms with E-state index in [4.69, 9.17) is 4.74 Å². The highest BCUT2D eigenvalue weighted by Crippen LogP contribution is 2.28. The van der Waals surface area contributed by atoms with Crippen molar-refractivity contribution in [3.05, 3.63) is 36.4 Å². The maximum Gasteiger partial charge on any atom is 0.132 e. The zero-order valence-electron chi connectivity index (χ0n) is 7.99. The van der Waals surface area contributed by atoms with E-state index in [9.17, 15) is 0 Å². The molecule has 0 heterocycles. The van der Waals surface area contributed by atoms with Crippen LogP contribution in [-0.2, 0) is 0 Å². The van der Waals surface area contributed by atoms with E-state index in [1.165, 1.54) is 4.90 Å². The minimum atomic E-state index is 0.956. The van der Waals surface area contributed by atoms with Gasteiger partial charge in [-0.05, 0) is 19.1 Å². The monoisotopic (exact) mass is 194 g/mol. The number of thioether (sulfide) groups is 1. The first-order chi connectivity index (χ1) is 6.38. The fourth-order valence-electron chi connectivity index (χ4n) is 0.972. The van der Waals surface area contributed by atoms with E-state index in [-0.39, 0.29) is 0 Å². The van der Waals surface area contributed by atoms with Gasteiger partial charge in [0.25, 0.3) is 0 Å². The first kappa shape index (κ1) is 10.2. The molecule has 1 rings (SSSR count). The van der Waals surface area contributed by atoms with Crippen molar-refractivity contribution in [1.29, 1.82) is 0 Å². The second kappa shape index (κ2) is 5.70. The lowest BCUT2D eigenvalue weighted by molar-refractivity contribution is 0.405. The van der Waals surface area contributed by atoms with Crippen molar-refractivity contribution in [3.63, 3.8) is 0 Å². The van der Waals surface area contributed by atoms with Gasteiger partial charge in [-0.2, -0.15) is 0 Å². The fraction of sp³-hybridized carbons (Fsp3) is 0.273. The summed E-state index contributed by atoms with van der Waals surface area (Å²) in [6.45, 7) is 2.03. The van der Waals surface area contributed by atoms with Crippen LogP contribution in [0.2, 0.25) is 0 Å². The van der Waals surface area contributed by atoms with Gasteiger partial charge in [0.2, 0.25) is 0 Å². The summed E-state index contributed by atoms with van der Waals surface area (Å²) >= 11 is 1.78. The summed E-state index contributed by atoms with van der Waals surface area (Å²) < 4.78 is 5.23. The number of allylic oxidation sites excluding steroid dienone is 1. The molecule has 2 heteroatoms. The lowest BCUT2D eigenvalue weighted by Gasteiger charge is -2.05. The molecule has 0 radical (unpaired) electrons. The Kier molecular flexibility index (Phi) is 4.47. The Hall–Kier alpha value is -0.890. The maximum atomic E-state index is 5.23. The molecular weight excluding hydrogens is 180 g/mol. The van der Waals surface area contributed by atoms with Gasteiger partial charge in [-0.25, -0.2) is 0 Å². The standard InChI is InChI=1S/C11H14OS/c1-3-4-9-13-11-8-6-5-7-10(11)12-2/h3-8H,9H2,1-2H3/b4-3+. The van der Waals surface area contributed by atoms with E-state index in [2.05, 4.69) is 18.2 Å². The SMILES string of the molecule is C/C=C/CSc1ccccc1OC. The van der Waals surface area contributed by atoms with Crippen molar-refractivity contribution < 1.29 is 4.74 Å². The molecule has 13 heavy (non-hydrogen) atoms. The molecule has 0 aliphatic carbocycles. The topological polar surface area (TPSA) is 9.23 Å². The van der Waals surface area contributed by atoms with Crippen molar-refractivity contribution in [3.8, 4) is 5.75 Å². The average Bonchev–Trinajstić information content (AvgIpc) is 2.19. The van der Waals surface area contributed by atoms with Crippen LogP contribution < -0.4 is 4.74 Å². The number of ether oxygens (including phenoxy) is 1. The predicted octanol–water partition coefficient (Wildman–Crippen LogP) is 3.36. The minimum absolute atomic E-state index is 0.956. The molecule has 0 unspecified atom stereocenters. The number of hydrogen-bond acceptors (Lipinski definition) is 2. The Balaban J connectivity index is 2.64. The second-order valence-electron chi connectivity index (χ2n) is 2.53. The van der Waals surface area contributed by atoms with Crippen molar-refractivity contribution in [2.75, 3.05) is 12.9 Å². The van der Waals surface area contributed by atoms with E-state index < -0.39 is 0 Å². The third kappa shape index (κ3) is 3.15. The van der Waals surface area contributed by atoms with Gasteiger partial charge >= 0.3 is 0 Å². The van der Waals surface area contributed by atoms with Gasteiger partial charge in [0.05, 0.1) is 7.11 Å². The highest BCUT2D eigenvalue weighted by molar-refractivity contribution is 7.99. The Morgan fingerprint density at radius 2 is 2.15 bits per heavy atom. The molecule has 0 saturated heterocycles. The molecule has 1 aromatic carbocycles. The largest absolute Gasteiger partial charge is 0.496 e. The molecular formula is C11H14OS. The lowest BCUT2D eigenvalue weighted by atomic mass is 10.3. The van der Waals surface area contributed by atoms with Gasteiger partial charge in [0.1, 0.15) is 5.75 Å². The summed E-state index contributed by atoms with van der Waals surface area (Å²) in [5, 5.41) is 0. The first-order valence-corrected chi connectivity index (χ1v) is 5.24. The molecule has 0 N–H and O–H groups in total. The van der Waals surface area contributed by atoms with Crippen LogP contribution in [0.1, 0.15) is 6.92 Å². The molecule has 0 atom stereocenters. The number of rotatable bonds is 4. The van der Waals surface area contributed by atoms with Gasteiger partial charge in [-0.15, -0.1) is 11.8 Å². The lowest BCUT2D eigenvalue weighted by Crippen LogP contribution is -1.85. The molecule has 1 aromatic rings. The second-order valence-corrected chi connectivity index (χ2v) is 3.59. The van der Waals surface area contributed by atoms with E-state index in [0.29, 0.717) is 0 Å². The summed E-state index contributed by atoms with van der Waals surface area (Å²) in [6.07, 6.45) is 4.19. The van der Waals surface area contributed by atoms with Crippen LogP contribution in [-0.4, -0.2) is 12.9 Å². The molecule has 1 nitrogen and oxygen atoms in total. The zero-order valence-corrected chi connectivity index (χ0v) is 8.80. The predicted molar refractivity (Wildman–Crippen MR) is 58.5 cm³/mol. The van der Waals surface area contributed by atoms with Crippen molar-refractivity contribution in [2.24, 2.45) is 0 Å². The molecule has 0 aliphatic rings. The third-order valence-corrected chi connectivity index (χ3v) is 2.65. The van der Waals surface area contributed by atoms with Crippen LogP contribution in [0.25, 0.3) is 0 Å². The molecule has 0 amide bonds. The Bertz CT molecular complexity index is 281. The van der Waals surface area contributed by atoms with Gasteiger partial charge in [-0.1, -0.05) is 24.3 Å². The van der Waals surface area contributed by atoms with Gasteiger partial charge in [-0.3, -0.25) is 0 Å². The third-order valence-electron chi connectivity index (χ3n) is 1.64. The van der Waals surface area contributed by atoms with Crippen LogP contribution in [0.5, 0.6) is 5.75 Å². The molecule has 70 valence electrons. The van der Waals surface area contributed by atoms with Crippen LogP contribution in [0.3, 0.4) is 0 Å². The molecule has 0 spiro atoms. The highest BCUT2D eigenvalue weighted by Gasteiger charge is 1.99. The molecule has 0 saturated carbocycles.